The lowest BCUT2D eigenvalue weighted by Crippen LogP contribution is -2.39. The Morgan fingerprint density at radius 1 is 1.09 bits per heavy atom. The van der Waals surface area contributed by atoms with Crippen LogP contribution in [0.2, 0.25) is 0 Å². The van der Waals surface area contributed by atoms with Gasteiger partial charge >= 0.3 is 0 Å². The quantitative estimate of drug-likeness (QED) is 0.361. The minimum atomic E-state index is -3.98. The summed E-state index contributed by atoms with van der Waals surface area (Å²) < 4.78 is 33.5. The SMILES string of the molecule is COc1ccc(/C=N\NC(=O)CN(c2cccc(Br)c2)S(=O)(=O)c2ccc(C)cc2)cc1. The Balaban J connectivity index is 1.81. The molecule has 0 bridgehead atoms. The van der Waals surface area contributed by atoms with Gasteiger partial charge in [0, 0.05) is 4.47 Å². The second-order valence-electron chi connectivity index (χ2n) is 6.87. The third-order valence-corrected chi connectivity index (χ3v) is 6.79. The van der Waals surface area contributed by atoms with Crippen LogP contribution in [0.5, 0.6) is 5.75 Å². The summed E-state index contributed by atoms with van der Waals surface area (Å²) in [4.78, 5) is 12.7. The first-order chi connectivity index (χ1) is 15.3. The molecule has 0 fully saturated rings. The highest BCUT2D eigenvalue weighted by molar-refractivity contribution is 9.10. The fraction of sp³-hybridized carbons (Fsp3) is 0.130. The Bertz CT molecular complexity index is 1210. The Hall–Kier alpha value is -3.17. The minimum Gasteiger partial charge on any atom is -0.497 e. The fourth-order valence-corrected chi connectivity index (χ4v) is 4.62. The maximum absolute atomic E-state index is 13.3. The van der Waals surface area contributed by atoms with E-state index in [-0.39, 0.29) is 4.90 Å². The molecule has 166 valence electrons. The maximum Gasteiger partial charge on any atom is 0.264 e. The van der Waals surface area contributed by atoms with Gasteiger partial charge in [-0.05, 0) is 67.1 Å². The van der Waals surface area contributed by atoms with Crippen molar-refractivity contribution in [3.05, 3.63) is 88.4 Å². The van der Waals surface area contributed by atoms with Crippen LogP contribution in [0.15, 0.2) is 87.3 Å². The third kappa shape index (κ3) is 5.95. The van der Waals surface area contributed by atoms with Crippen molar-refractivity contribution in [1.29, 1.82) is 0 Å². The number of nitrogens with one attached hydrogen (secondary N) is 1. The second kappa shape index (κ2) is 10.4. The van der Waals surface area contributed by atoms with Gasteiger partial charge in [-0.2, -0.15) is 5.10 Å². The number of nitrogens with zero attached hydrogens (tertiary/aromatic N) is 2. The van der Waals surface area contributed by atoms with Crippen LogP contribution in [-0.2, 0) is 14.8 Å². The summed E-state index contributed by atoms with van der Waals surface area (Å²) in [6.07, 6.45) is 1.47. The largest absolute Gasteiger partial charge is 0.497 e. The zero-order chi connectivity index (χ0) is 23.1. The van der Waals surface area contributed by atoms with E-state index < -0.39 is 22.5 Å². The molecule has 0 saturated carbocycles. The summed E-state index contributed by atoms with van der Waals surface area (Å²) in [5, 5.41) is 3.93. The Labute approximate surface area is 195 Å². The lowest BCUT2D eigenvalue weighted by molar-refractivity contribution is -0.119. The Kier molecular flexibility index (Phi) is 7.66. The fourth-order valence-electron chi connectivity index (χ4n) is 2.82. The molecule has 0 aromatic heterocycles. The molecule has 0 saturated heterocycles. The molecule has 1 amide bonds. The van der Waals surface area contributed by atoms with E-state index in [0.29, 0.717) is 15.9 Å². The summed E-state index contributed by atoms with van der Waals surface area (Å²) in [5.41, 5.74) is 4.43. The van der Waals surface area contributed by atoms with Gasteiger partial charge in [0.1, 0.15) is 12.3 Å². The van der Waals surface area contributed by atoms with E-state index in [9.17, 15) is 13.2 Å². The molecule has 0 spiro atoms. The summed E-state index contributed by atoms with van der Waals surface area (Å²) in [6, 6.07) is 20.3. The first-order valence-corrected chi connectivity index (χ1v) is 11.8. The van der Waals surface area contributed by atoms with Crippen LogP contribution >= 0.6 is 15.9 Å². The van der Waals surface area contributed by atoms with Crippen LogP contribution in [-0.4, -0.2) is 34.2 Å². The van der Waals surface area contributed by atoms with E-state index >= 15 is 0 Å². The van der Waals surface area contributed by atoms with Crippen molar-refractivity contribution >= 4 is 43.8 Å². The first-order valence-electron chi connectivity index (χ1n) is 9.60. The standard InChI is InChI=1S/C23H22BrN3O4S/c1-17-6-12-22(13-7-17)32(29,30)27(20-5-3-4-19(24)14-20)16-23(28)26-25-15-18-8-10-21(31-2)11-9-18/h3-15H,16H2,1-2H3,(H,26,28)/b25-15-. The highest BCUT2D eigenvalue weighted by Crippen LogP contribution is 2.26. The molecular weight excluding hydrogens is 494 g/mol. The van der Waals surface area contributed by atoms with Gasteiger partial charge in [-0.25, -0.2) is 13.8 Å². The topological polar surface area (TPSA) is 88.1 Å². The minimum absolute atomic E-state index is 0.0950. The van der Waals surface area contributed by atoms with Crippen molar-refractivity contribution in [2.45, 2.75) is 11.8 Å². The van der Waals surface area contributed by atoms with E-state index in [0.717, 1.165) is 15.4 Å². The number of hydrogen-bond acceptors (Lipinski definition) is 5. The number of aryl methyl sites for hydroxylation is 1. The number of sulfonamides is 1. The van der Waals surface area contributed by atoms with Crippen LogP contribution < -0.4 is 14.5 Å². The highest BCUT2D eigenvalue weighted by Gasteiger charge is 2.27. The van der Waals surface area contributed by atoms with Gasteiger partial charge in [0.2, 0.25) is 0 Å². The predicted molar refractivity (Wildman–Crippen MR) is 129 cm³/mol. The third-order valence-electron chi connectivity index (χ3n) is 4.51. The van der Waals surface area contributed by atoms with Gasteiger partial charge in [-0.3, -0.25) is 9.10 Å². The number of benzene rings is 3. The molecule has 0 heterocycles. The smallest absolute Gasteiger partial charge is 0.264 e. The first kappa shape index (κ1) is 23.5. The van der Waals surface area contributed by atoms with Crippen molar-refractivity contribution in [2.24, 2.45) is 5.10 Å². The molecule has 3 aromatic rings. The normalized spacial score (nSPS) is 11.3. The van der Waals surface area contributed by atoms with Gasteiger partial charge in [-0.15, -0.1) is 0 Å². The molecule has 32 heavy (non-hydrogen) atoms. The highest BCUT2D eigenvalue weighted by atomic mass is 79.9. The number of methoxy groups -OCH3 is 1. The molecule has 0 unspecified atom stereocenters. The van der Waals surface area contributed by atoms with Crippen LogP contribution in [0.4, 0.5) is 5.69 Å². The number of ether oxygens (including phenoxy) is 1. The summed E-state index contributed by atoms with van der Waals surface area (Å²) >= 11 is 3.35. The number of rotatable bonds is 8. The van der Waals surface area contributed by atoms with Gasteiger partial charge in [0.15, 0.2) is 0 Å². The average molecular weight is 516 g/mol. The van der Waals surface area contributed by atoms with Gasteiger partial charge < -0.3 is 4.74 Å². The predicted octanol–water partition coefficient (Wildman–Crippen LogP) is 4.11. The van der Waals surface area contributed by atoms with E-state index in [1.807, 2.05) is 6.92 Å². The monoisotopic (exact) mass is 515 g/mol. The molecular formula is C23H22BrN3O4S. The van der Waals surface area contributed by atoms with Gasteiger partial charge in [0.05, 0.1) is 23.9 Å². The number of anilines is 1. The molecule has 3 aromatic carbocycles. The van der Waals surface area contributed by atoms with Gasteiger partial charge in [-0.1, -0.05) is 39.7 Å². The zero-order valence-electron chi connectivity index (χ0n) is 17.5. The van der Waals surface area contributed by atoms with Crippen molar-refractivity contribution < 1.29 is 17.9 Å². The molecule has 0 aliphatic heterocycles. The number of amides is 1. The zero-order valence-corrected chi connectivity index (χ0v) is 19.9. The number of carbonyl (C=O) groups is 1. The van der Waals surface area contributed by atoms with Crippen molar-refractivity contribution in [1.82, 2.24) is 5.43 Å². The number of hydrazone groups is 1. The average Bonchev–Trinajstić information content (AvgIpc) is 2.78. The van der Waals surface area contributed by atoms with Crippen LogP contribution in [0, 0.1) is 6.92 Å². The molecule has 9 heteroatoms. The molecule has 0 aliphatic rings. The number of carbonyl (C=O) groups excluding carboxylic acids is 1. The van der Waals surface area contributed by atoms with Crippen LogP contribution in [0.25, 0.3) is 0 Å². The lowest BCUT2D eigenvalue weighted by Gasteiger charge is -2.24. The molecule has 0 atom stereocenters. The molecule has 0 aliphatic carbocycles. The number of hydrogen-bond donors (Lipinski definition) is 1. The second-order valence-corrected chi connectivity index (χ2v) is 9.65. The summed E-state index contributed by atoms with van der Waals surface area (Å²) in [7, 11) is -2.41. The Morgan fingerprint density at radius 2 is 1.78 bits per heavy atom. The van der Waals surface area contributed by atoms with E-state index in [1.165, 1.54) is 18.3 Å². The van der Waals surface area contributed by atoms with E-state index in [4.69, 9.17) is 4.74 Å². The van der Waals surface area contributed by atoms with Crippen molar-refractivity contribution in [3.63, 3.8) is 0 Å². The van der Waals surface area contributed by atoms with Gasteiger partial charge in [0.25, 0.3) is 15.9 Å². The number of halogens is 1. The molecule has 1 N–H and O–H groups in total. The van der Waals surface area contributed by atoms with Crippen LogP contribution in [0.3, 0.4) is 0 Å². The lowest BCUT2D eigenvalue weighted by atomic mass is 10.2. The van der Waals surface area contributed by atoms with Crippen molar-refractivity contribution in [2.75, 3.05) is 18.0 Å². The summed E-state index contributed by atoms with van der Waals surface area (Å²) in [5.74, 6) is 0.127. The molecule has 7 nitrogen and oxygen atoms in total. The van der Waals surface area contributed by atoms with E-state index in [1.54, 1.807) is 67.8 Å². The molecule has 0 radical (unpaired) electrons. The summed E-state index contributed by atoms with van der Waals surface area (Å²) in [6.45, 7) is 1.43. The van der Waals surface area contributed by atoms with Crippen LogP contribution in [0.1, 0.15) is 11.1 Å². The van der Waals surface area contributed by atoms with E-state index in [2.05, 4.69) is 26.5 Å². The van der Waals surface area contributed by atoms with Crippen molar-refractivity contribution in [3.8, 4) is 5.75 Å². The molecule has 3 rings (SSSR count). The maximum atomic E-state index is 13.3. The Morgan fingerprint density at radius 3 is 2.41 bits per heavy atom.